The van der Waals surface area contributed by atoms with E-state index in [1.807, 2.05) is 27.7 Å². The van der Waals surface area contributed by atoms with E-state index in [0.717, 1.165) is 0 Å². The molecular weight excluding hydrogens is 411 g/mol. The van der Waals surface area contributed by atoms with Crippen molar-refractivity contribution < 1.29 is 22.7 Å². The molecule has 0 unspecified atom stereocenters. The molecule has 3 heterocycles. The van der Waals surface area contributed by atoms with E-state index in [0.29, 0.717) is 32.7 Å². The summed E-state index contributed by atoms with van der Waals surface area (Å²) in [5, 5.41) is -0.232. The summed E-state index contributed by atoms with van der Waals surface area (Å²) in [6.07, 6.45) is -4.97. The summed E-state index contributed by atoms with van der Waals surface area (Å²) in [5.74, 6) is -1.06. The fourth-order valence-electron chi connectivity index (χ4n) is 3.56. The lowest BCUT2D eigenvalue weighted by Crippen LogP contribution is -2.68. The largest absolute Gasteiger partial charge is 0.451 e. The summed E-state index contributed by atoms with van der Waals surface area (Å²) in [4.78, 5) is 24.8. The first kappa shape index (κ1) is 21.9. The van der Waals surface area contributed by atoms with Gasteiger partial charge in [0.1, 0.15) is 16.6 Å². The van der Waals surface area contributed by atoms with Gasteiger partial charge in [-0.15, -0.1) is 0 Å². The standard InChI is InChI=1S/C18H25ClF3N5O2/c1-11-12(25-5-7-26(8-6-25)16(28)29-17(2,3)4)10-27(11)14-9-13(19)23-15(24-14)18(20,21)22/h9,11-12H,5-8,10H2,1-4H3/t11-,12-/m1/s1. The van der Waals surface area contributed by atoms with E-state index < -0.39 is 17.6 Å². The third-order valence-electron chi connectivity index (χ3n) is 5.10. The number of alkyl halides is 3. The Bertz CT molecular complexity index is 763. The maximum Gasteiger partial charge on any atom is 0.451 e. The van der Waals surface area contributed by atoms with Crippen LogP contribution in [0.1, 0.15) is 33.5 Å². The van der Waals surface area contributed by atoms with Crippen LogP contribution in [-0.4, -0.2) is 76.3 Å². The highest BCUT2D eigenvalue weighted by Crippen LogP contribution is 2.33. The number of anilines is 1. The van der Waals surface area contributed by atoms with Gasteiger partial charge in [-0.3, -0.25) is 4.90 Å². The number of hydrogen-bond donors (Lipinski definition) is 0. The van der Waals surface area contributed by atoms with Gasteiger partial charge < -0.3 is 14.5 Å². The Morgan fingerprint density at radius 1 is 1.17 bits per heavy atom. The molecule has 0 aliphatic carbocycles. The van der Waals surface area contributed by atoms with Crippen molar-refractivity contribution in [3.8, 4) is 0 Å². The van der Waals surface area contributed by atoms with Gasteiger partial charge in [-0.2, -0.15) is 13.2 Å². The Morgan fingerprint density at radius 3 is 2.31 bits per heavy atom. The highest BCUT2D eigenvalue weighted by molar-refractivity contribution is 6.29. The number of rotatable bonds is 2. The van der Waals surface area contributed by atoms with Gasteiger partial charge in [0.2, 0.25) is 5.82 Å². The highest BCUT2D eigenvalue weighted by atomic mass is 35.5. The van der Waals surface area contributed by atoms with E-state index in [-0.39, 0.29) is 29.1 Å². The number of nitrogens with zero attached hydrogens (tertiary/aromatic N) is 5. The van der Waals surface area contributed by atoms with Crippen LogP contribution in [0.15, 0.2) is 6.07 Å². The van der Waals surface area contributed by atoms with Crippen molar-refractivity contribution in [3.63, 3.8) is 0 Å². The Balaban J connectivity index is 1.58. The molecule has 0 radical (unpaired) electrons. The van der Waals surface area contributed by atoms with Crippen molar-refractivity contribution in [2.45, 2.75) is 51.6 Å². The van der Waals surface area contributed by atoms with Crippen LogP contribution in [0.3, 0.4) is 0 Å². The average Bonchev–Trinajstić information content (AvgIpc) is 2.58. The smallest absolute Gasteiger partial charge is 0.444 e. The monoisotopic (exact) mass is 435 g/mol. The van der Waals surface area contributed by atoms with Crippen molar-refractivity contribution in [1.29, 1.82) is 0 Å². The van der Waals surface area contributed by atoms with Gasteiger partial charge in [0.05, 0.1) is 0 Å². The SMILES string of the molecule is C[C@@H]1[C@H](N2CCN(C(=O)OC(C)(C)C)CC2)CN1c1cc(Cl)nc(C(F)(F)F)n1. The minimum absolute atomic E-state index is 0.0323. The molecule has 0 aromatic carbocycles. The molecule has 29 heavy (non-hydrogen) atoms. The molecule has 0 spiro atoms. The van der Waals surface area contributed by atoms with Gasteiger partial charge in [0.25, 0.3) is 0 Å². The first-order valence-electron chi connectivity index (χ1n) is 9.45. The quantitative estimate of drug-likeness (QED) is 0.664. The summed E-state index contributed by atoms with van der Waals surface area (Å²) in [6.45, 7) is 10.4. The summed E-state index contributed by atoms with van der Waals surface area (Å²) < 4.78 is 44.3. The van der Waals surface area contributed by atoms with Crippen LogP contribution in [0.5, 0.6) is 0 Å². The molecule has 1 amide bonds. The topological polar surface area (TPSA) is 61.8 Å². The third-order valence-corrected chi connectivity index (χ3v) is 5.29. The number of hydrogen-bond acceptors (Lipinski definition) is 6. The first-order chi connectivity index (χ1) is 13.3. The molecule has 2 fully saturated rings. The van der Waals surface area contributed by atoms with Crippen LogP contribution < -0.4 is 4.90 Å². The van der Waals surface area contributed by atoms with E-state index in [4.69, 9.17) is 16.3 Å². The van der Waals surface area contributed by atoms with Crippen LogP contribution in [0.4, 0.5) is 23.8 Å². The van der Waals surface area contributed by atoms with Crippen molar-refractivity contribution in [2.75, 3.05) is 37.6 Å². The second-order valence-electron chi connectivity index (χ2n) is 8.33. The molecule has 0 saturated carbocycles. The molecule has 11 heteroatoms. The summed E-state index contributed by atoms with van der Waals surface area (Å²) in [6, 6.07) is 1.48. The van der Waals surface area contributed by atoms with Crippen LogP contribution in [-0.2, 0) is 10.9 Å². The summed E-state index contributed by atoms with van der Waals surface area (Å²) in [7, 11) is 0. The minimum atomic E-state index is -4.65. The van der Waals surface area contributed by atoms with Crippen LogP contribution in [0.2, 0.25) is 5.15 Å². The van der Waals surface area contributed by atoms with Crippen molar-refractivity contribution >= 4 is 23.5 Å². The lowest BCUT2D eigenvalue weighted by Gasteiger charge is -2.53. The number of aromatic nitrogens is 2. The second-order valence-corrected chi connectivity index (χ2v) is 8.72. The van der Waals surface area contributed by atoms with E-state index >= 15 is 0 Å². The molecule has 0 N–H and O–H groups in total. The molecule has 1 aromatic rings. The molecule has 2 aliphatic rings. The van der Waals surface area contributed by atoms with Gasteiger partial charge in [-0.25, -0.2) is 14.8 Å². The molecule has 2 saturated heterocycles. The van der Waals surface area contributed by atoms with Gasteiger partial charge in [-0.1, -0.05) is 11.6 Å². The van der Waals surface area contributed by atoms with Gasteiger partial charge in [0, 0.05) is 50.9 Å². The molecule has 1 aromatic heterocycles. The molecular formula is C18H25ClF3N5O2. The first-order valence-corrected chi connectivity index (χ1v) is 9.83. The van der Waals surface area contributed by atoms with Crippen molar-refractivity contribution in [3.05, 3.63) is 17.0 Å². The number of ether oxygens (including phenoxy) is 1. The molecule has 2 aliphatic heterocycles. The summed E-state index contributed by atoms with van der Waals surface area (Å²) >= 11 is 5.77. The Labute approximate surface area is 172 Å². The lowest BCUT2D eigenvalue weighted by atomic mass is 9.95. The van der Waals surface area contributed by atoms with Crippen LogP contribution >= 0.6 is 11.6 Å². The molecule has 7 nitrogen and oxygen atoms in total. The van der Waals surface area contributed by atoms with Crippen molar-refractivity contribution in [2.24, 2.45) is 0 Å². The maximum absolute atomic E-state index is 12.9. The molecule has 2 atom stereocenters. The predicted octanol–water partition coefficient (Wildman–Crippen LogP) is 3.28. The zero-order chi connectivity index (χ0) is 21.6. The summed E-state index contributed by atoms with van der Waals surface area (Å²) in [5.41, 5.74) is -0.536. The zero-order valence-corrected chi connectivity index (χ0v) is 17.6. The van der Waals surface area contributed by atoms with Crippen LogP contribution in [0.25, 0.3) is 0 Å². The number of carbonyl (C=O) groups is 1. The van der Waals surface area contributed by atoms with E-state index in [1.165, 1.54) is 6.07 Å². The van der Waals surface area contributed by atoms with Gasteiger partial charge in [-0.05, 0) is 27.7 Å². The Morgan fingerprint density at radius 2 is 1.79 bits per heavy atom. The van der Waals surface area contributed by atoms with Crippen LogP contribution in [0, 0.1) is 0 Å². The van der Waals surface area contributed by atoms with E-state index in [9.17, 15) is 18.0 Å². The average molecular weight is 436 g/mol. The molecule has 162 valence electrons. The van der Waals surface area contributed by atoms with E-state index in [1.54, 1.807) is 9.80 Å². The van der Waals surface area contributed by atoms with E-state index in [2.05, 4.69) is 14.9 Å². The lowest BCUT2D eigenvalue weighted by molar-refractivity contribution is -0.144. The van der Waals surface area contributed by atoms with Gasteiger partial charge in [0.15, 0.2) is 0 Å². The predicted molar refractivity (Wildman–Crippen MR) is 102 cm³/mol. The Kier molecular flexibility index (Phi) is 5.88. The number of halogens is 4. The second kappa shape index (κ2) is 7.79. The van der Waals surface area contributed by atoms with Crippen molar-refractivity contribution in [1.82, 2.24) is 19.8 Å². The van der Waals surface area contributed by atoms with Gasteiger partial charge >= 0.3 is 12.3 Å². The maximum atomic E-state index is 12.9. The molecule has 0 bridgehead atoms. The minimum Gasteiger partial charge on any atom is -0.444 e. The number of amides is 1. The fourth-order valence-corrected chi connectivity index (χ4v) is 3.73. The normalized spacial score (nSPS) is 23.7. The molecule has 3 rings (SSSR count). The number of carbonyl (C=O) groups excluding carboxylic acids is 1. The zero-order valence-electron chi connectivity index (χ0n) is 16.8. The Hall–Kier alpha value is -1.81. The fraction of sp³-hybridized carbons (Fsp3) is 0.722. The number of piperazine rings is 1. The third kappa shape index (κ3) is 5.03. The highest BCUT2D eigenvalue weighted by Gasteiger charge is 2.43.